The van der Waals surface area contributed by atoms with Gasteiger partial charge in [0.2, 0.25) is 0 Å². The van der Waals surface area contributed by atoms with Gasteiger partial charge < -0.3 is 5.11 Å². The summed E-state index contributed by atoms with van der Waals surface area (Å²) in [4.78, 5) is 4.33. The van der Waals surface area contributed by atoms with E-state index in [1.165, 1.54) is 29.2 Å². The number of rotatable bonds is 5. The number of aliphatic hydroxyl groups is 1. The van der Waals surface area contributed by atoms with Crippen LogP contribution in [0.4, 0.5) is 0 Å². The van der Waals surface area contributed by atoms with Crippen molar-refractivity contribution in [3.8, 4) is 17.3 Å². The van der Waals surface area contributed by atoms with Gasteiger partial charge in [-0.1, -0.05) is 29.3 Å². The Morgan fingerprint density at radius 1 is 1.26 bits per heavy atom. The topological polar surface area (TPSA) is 114 Å². The second kappa shape index (κ2) is 7.81. The third-order valence-electron chi connectivity index (χ3n) is 4.78. The molecular weight excluding hydrogens is 438 g/mol. The van der Waals surface area contributed by atoms with Gasteiger partial charge in [-0.15, -0.1) is 0 Å². The summed E-state index contributed by atoms with van der Waals surface area (Å²) < 4.78 is 29.9. The third kappa shape index (κ3) is 3.70. The lowest BCUT2D eigenvalue weighted by Crippen LogP contribution is -2.15. The quantitative estimate of drug-likeness (QED) is 0.493. The molecule has 10 heteroatoms. The second-order valence-electron chi connectivity index (χ2n) is 7.25. The fourth-order valence-corrected chi connectivity index (χ4v) is 5.01. The number of aliphatic hydroxyl groups excluding tert-OH is 1. The van der Waals surface area contributed by atoms with Crippen LogP contribution in [0.25, 0.3) is 22.3 Å². The molecule has 0 unspecified atom stereocenters. The Labute approximate surface area is 184 Å². The molecule has 0 aliphatic heterocycles. The summed E-state index contributed by atoms with van der Waals surface area (Å²) in [6.07, 6.45) is 3.79. The SMILES string of the molecule is Cc1ccc(S(=O)(=O)n2c(-c3cnn(C[C@H](C)O)c3)cc3c(Cl)c(C#N)cnc32)cc1. The Hall–Kier alpha value is -3.19. The lowest BCUT2D eigenvalue weighted by atomic mass is 10.2. The van der Waals surface area contributed by atoms with E-state index in [2.05, 4.69) is 10.1 Å². The zero-order chi connectivity index (χ0) is 22.3. The van der Waals surface area contributed by atoms with Crippen LogP contribution in [0.15, 0.2) is 53.8 Å². The molecule has 0 bridgehead atoms. The van der Waals surface area contributed by atoms with Crippen LogP contribution in [-0.2, 0) is 16.6 Å². The van der Waals surface area contributed by atoms with E-state index < -0.39 is 16.1 Å². The molecule has 4 aromatic rings. The van der Waals surface area contributed by atoms with Gasteiger partial charge in [0, 0.05) is 23.3 Å². The van der Waals surface area contributed by atoms with E-state index in [1.54, 1.807) is 31.3 Å². The molecular formula is C21H18ClN5O3S. The molecule has 0 fully saturated rings. The number of hydrogen-bond donors (Lipinski definition) is 1. The first-order valence-electron chi connectivity index (χ1n) is 9.35. The molecule has 0 radical (unpaired) electrons. The molecule has 0 aliphatic carbocycles. The van der Waals surface area contributed by atoms with Crippen molar-refractivity contribution in [1.29, 1.82) is 5.26 Å². The van der Waals surface area contributed by atoms with Gasteiger partial charge in [-0.05, 0) is 32.0 Å². The average Bonchev–Trinajstić information content (AvgIpc) is 3.33. The van der Waals surface area contributed by atoms with Crippen molar-refractivity contribution in [3.63, 3.8) is 0 Å². The van der Waals surface area contributed by atoms with Gasteiger partial charge in [0.15, 0.2) is 5.65 Å². The van der Waals surface area contributed by atoms with Gasteiger partial charge in [0.05, 0.1) is 40.0 Å². The molecule has 1 N–H and O–H groups in total. The first-order valence-corrected chi connectivity index (χ1v) is 11.2. The van der Waals surface area contributed by atoms with E-state index >= 15 is 0 Å². The van der Waals surface area contributed by atoms with Crippen molar-refractivity contribution in [3.05, 3.63) is 65.1 Å². The Balaban J connectivity index is 2.01. The van der Waals surface area contributed by atoms with Gasteiger partial charge >= 0.3 is 0 Å². The minimum Gasteiger partial charge on any atom is -0.391 e. The maximum Gasteiger partial charge on any atom is 0.269 e. The molecule has 3 aromatic heterocycles. The maximum absolute atomic E-state index is 13.6. The van der Waals surface area contributed by atoms with Crippen molar-refractivity contribution in [2.24, 2.45) is 0 Å². The van der Waals surface area contributed by atoms with Gasteiger partial charge in [-0.3, -0.25) is 4.68 Å². The van der Waals surface area contributed by atoms with E-state index in [0.29, 0.717) is 16.6 Å². The fraction of sp³-hybridized carbons (Fsp3) is 0.190. The Morgan fingerprint density at radius 2 is 1.97 bits per heavy atom. The molecule has 8 nitrogen and oxygen atoms in total. The lowest BCUT2D eigenvalue weighted by molar-refractivity contribution is 0.168. The number of hydrogen-bond acceptors (Lipinski definition) is 6. The molecule has 4 rings (SSSR count). The van der Waals surface area contributed by atoms with E-state index in [-0.39, 0.29) is 27.7 Å². The van der Waals surface area contributed by atoms with E-state index in [0.717, 1.165) is 9.54 Å². The van der Waals surface area contributed by atoms with Gasteiger partial charge in [-0.25, -0.2) is 17.4 Å². The van der Waals surface area contributed by atoms with E-state index in [4.69, 9.17) is 11.6 Å². The van der Waals surface area contributed by atoms with Crippen molar-refractivity contribution >= 4 is 32.7 Å². The highest BCUT2D eigenvalue weighted by Crippen LogP contribution is 2.35. The Kier molecular flexibility index (Phi) is 5.31. The van der Waals surface area contributed by atoms with Crippen LogP contribution in [-0.4, -0.2) is 38.4 Å². The number of benzene rings is 1. The van der Waals surface area contributed by atoms with Gasteiger partial charge in [0.1, 0.15) is 6.07 Å². The average molecular weight is 456 g/mol. The minimum absolute atomic E-state index is 0.0931. The van der Waals surface area contributed by atoms with Crippen molar-refractivity contribution in [2.45, 2.75) is 31.4 Å². The Bertz CT molecular complexity index is 1430. The summed E-state index contributed by atoms with van der Waals surface area (Å²) in [6, 6.07) is 10.0. The van der Waals surface area contributed by atoms with Crippen LogP contribution < -0.4 is 0 Å². The lowest BCUT2D eigenvalue weighted by Gasteiger charge is -2.11. The molecule has 0 saturated heterocycles. The summed E-state index contributed by atoms with van der Waals surface area (Å²) in [5.41, 5.74) is 2.00. The monoisotopic (exact) mass is 455 g/mol. The zero-order valence-corrected chi connectivity index (χ0v) is 18.3. The number of pyridine rings is 1. The van der Waals surface area contributed by atoms with Crippen LogP contribution in [0.2, 0.25) is 5.02 Å². The number of nitriles is 1. The van der Waals surface area contributed by atoms with Gasteiger partial charge in [0.25, 0.3) is 10.0 Å². The number of aromatic nitrogens is 4. The second-order valence-corrected chi connectivity index (χ2v) is 9.41. The number of halogens is 1. The predicted octanol–water partition coefficient (Wildman–Crippen LogP) is 3.35. The van der Waals surface area contributed by atoms with Crippen molar-refractivity contribution in [1.82, 2.24) is 18.7 Å². The highest BCUT2D eigenvalue weighted by molar-refractivity contribution is 7.90. The standard InChI is InChI=1S/C21H18ClN5O3S/c1-13-3-5-17(6-4-13)31(29,30)27-19(16-10-25-26(12-16)11-14(2)28)7-18-20(22)15(8-23)9-24-21(18)27/h3-7,9-10,12,14,28H,11H2,1-2H3/t14-/m0/s1. The number of aryl methyl sites for hydroxylation is 1. The molecule has 1 atom stereocenters. The van der Waals surface area contributed by atoms with E-state index in [1.807, 2.05) is 13.0 Å². The largest absolute Gasteiger partial charge is 0.391 e. The summed E-state index contributed by atoms with van der Waals surface area (Å²) in [5.74, 6) is 0. The molecule has 0 aliphatic rings. The molecule has 0 saturated carbocycles. The Morgan fingerprint density at radius 3 is 2.61 bits per heavy atom. The highest BCUT2D eigenvalue weighted by Gasteiger charge is 2.27. The molecule has 0 spiro atoms. The third-order valence-corrected chi connectivity index (χ3v) is 6.91. The first kappa shape index (κ1) is 21.1. The van der Waals surface area contributed by atoms with Crippen LogP contribution in [0.1, 0.15) is 18.1 Å². The maximum atomic E-state index is 13.6. The highest BCUT2D eigenvalue weighted by atomic mass is 35.5. The van der Waals surface area contributed by atoms with Gasteiger partial charge in [-0.2, -0.15) is 10.4 Å². The molecule has 1 aromatic carbocycles. The normalized spacial score (nSPS) is 12.7. The fourth-order valence-electron chi connectivity index (χ4n) is 3.30. The van der Waals surface area contributed by atoms with Crippen LogP contribution in [0.5, 0.6) is 0 Å². The molecule has 0 amide bonds. The van der Waals surface area contributed by atoms with Crippen LogP contribution in [0, 0.1) is 18.3 Å². The van der Waals surface area contributed by atoms with Crippen LogP contribution in [0.3, 0.4) is 0 Å². The summed E-state index contributed by atoms with van der Waals surface area (Å²) in [7, 11) is -4.04. The van der Waals surface area contributed by atoms with E-state index in [9.17, 15) is 18.8 Å². The molecule has 31 heavy (non-hydrogen) atoms. The number of nitrogens with zero attached hydrogens (tertiary/aromatic N) is 5. The number of fused-ring (bicyclic) bond motifs is 1. The summed E-state index contributed by atoms with van der Waals surface area (Å²) in [6.45, 7) is 3.75. The minimum atomic E-state index is -4.04. The first-order chi connectivity index (χ1) is 14.7. The van der Waals surface area contributed by atoms with Crippen LogP contribution >= 0.6 is 11.6 Å². The predicted molar refractivity (Wildman–Crippen MR) is 116 cm³/mol. The smallest absolute Gasteiger partial charge is 0.269 e. The zero-order valence-electron chi connectivity index (χ0n) is 16.7. The molecule has 158 valence electrons. The van der Waals surface area contributed by atoms with Crippen molar-refractivity contribution in [2.75, 3.05) is 0 Å². The summed E-state index contributed by atoms with van der Waals surface area (Å²) in [5, 5.41) is 23.6. The van der Waals surface area contributed by atoms with Crippen molar-refractivity contribution < 1.29 is 13.5 Å². The molecule has 3 heterocycles. The summed E-state index contributed by atoms with van der Waals surface area (Å²) >= 11 is 6.38.